The third-order valence-corrected chi connectivity index (χ3v) is 2.18. The van der Waals surface area contributed by atoms with Crippen molar-refractivity contribution in [2.24, 2.45) is 0 Å². The minimum Gasteiger partial charge on any atom is -0.487 e. The topological polar surface area (TPSA) is 55.8 Å². The van der Waals surface area contributed by atoms with Crippen molar-refractivity contribution in [2.45, 2.75) is 20.0 Å². The fourth-order valence-corrected chi connectivity index (χ4v) is 1.40. The standard InChI is InChI=1S/C14H17FO4/c1-10(2)18-8-9-19-14-11(6-7-13(16)17)4-3-5-12(14)15/h3-7,10H,8-9H2,1-2H3,(H,16,17)/b7-6+. The number of hydrogen-bond acceptors (Lipinski definition) is 3. The summed E-state index contributed by atoms with van der Waals surface area (Å²) >= 11 is 0. The Morgan fingerprint density at radius 1 is 1.42 bits per heavy atom. The van der Waals surface area contributed by atoms with E-state index in [1.54, 1.807) is 6.07 Å². The molecule has 5 heteroatoms. The van der Waals surface area contributed by atoms with Crippen molar-refractivity contribution in [2.75, 3.05) is 13.2 Å². The number of ether oxygens (including phenoxy) is 2. The molecule has 1 rings (SSSR count). The molecule has 0 spiro atoms. The molecule has 0 saturated carbocycles. The lowest BCUT2D eigenvalue weighted by Gasteiger charge is -2.11. The second kappa shape index (κ2) is 7.53. The second-order valence-corrected chi connectivity index (χ2v) is 4.10. The van der Waals surface area contributed by atoms with Crippen molar-refractivity contribution in [3.05, 3.63) is 35.7 Å². The fraction of sp³-hybridized carbons (Fsp3) is 0.357. The van der Waals surface area contributed by atoms with Gasteiger partial charge in [-0.1, -0.05) is 12.1 Å². The lowest BCUT2D eigenvalue weighted by Crippen LogP contribution is -2.12. The Labute approximate surface area is 111 Å². The molecule has 0 saturated heterocycles. The summed E-state index contributed by atoms with van der Waals surface area (Å²) in [5.74, 6) is -1.59. The first-order chi connectivity index (χ1) is 9.00. The van der Waals surface area contributed by atoms with E-state index in [0.717, 1.165) is 6.08 Å². The van der Waals surface area contributed by atoms with Gasteiger partial charge < -0.3 is 14.6 Å². The normalized spacial score (nSPS) is 11.2. The van der Waals surface area contributed by atoms with Gasteiger partial charge in [0.05, 0.1) is 12.7 Å². The van der Waals surface area contributed by atoms with Crippen LogP contribution in [0, 0.1) is 5.82 Å². The second-order valence-electron chi connectivity index (χ2n) is 4.10. The molecule has 1 aromatic rings. The van der Waals surface area contributed by atoms with E-state index in [4.69, 9.17) is 14.6 Å². The Hall–Kier alpha value is -1.88. The van der Waals surface area contributed by atoms with Crippen LogP contribution in [0.2, 0.25) is 0 Å². The SMILES string of the molecule is CC(C)OCCOc1c(F)cccc1/C=C/C(=O)O. The third kappa shape index (κ3) is 5.52. The smallest absolute Gasteiger partial charge is 0.328 e. The van der Waals surface area contributed by atoms with Gasteiger partial charge in [0, 0.05) is 11.6 Å². The molecule has 0 aliphatic rings. The van der Waals surface area contributed by atoms with Gasteiger partial charge in [0.15, 0.2) is 11.6 Å². The van der Waals surface area contributed by atoms with Crippen LogP contribution in [0.5, 0.6) is 5.75 Å². The maximum absolute atomic E-state index is 13.6. The van der Waals surface area contributed by atoms with Gasteiger partial charge >= 0.3 is 5.97 Å². The number of carbonyl (C=O) groups is 1. The summed E-state index contributed by atoms with van der Waals surface area (Å²) in [5.41, 5.74) is 0.381. The lowest BCUT2D eigenvalue weighted by atomic mass is 10.2. The molecule has 0 radical (unpaired) electrons. The van der Waals surface area contributed by atoms with Gasteiger partial charge in [0.2, 0.25) is 0 Å². The molecule has 0 aromatic heterocycles. The Balaban J connectivity index is 2.72. The molecule has 0 heterocycles. The average molecular weight is 268 g/mol. The van der Waals surface area contributed by atoms with Crippen LogP contribution < -0.4 is 4.74 Å². The summed E-state index contributed by atoms with van der Waals surface area (Å²) in [6, 6.07) is 4.34. The van der Waals surface area contributed by atoms with E-state index in [1.807, 2.05) is 13.8 Å². The molecule has 1 aromatic carbocycles. The first kappa shape index (κ1) is 15.2. The van der Waals surface area contributed by atoms with Crippen molar-refractivity contribution in [3.8, 4) is 5.75 Å². The number of benzene rings is 1. The van der Waals surface area contributed by atoms with Crippen LogP contribution in [0.25, 0.3) is 6.08 Å². The summed E-state index contributed by atoms with van der Waals surface area (Å²) in [7, 11) is 0. The quantitative estimate of drug-likeness (QED) is 0.610. The van der Waals surface area contributed by atoms with Crippen LogP contribution in [0.3, 0.4) is 0 Å². The van der Waals surface area contributed by atoms with Gasteiger partial charge in [0.25, 0.3) is 0 Å². The van der Waals surface area contributed by atoms with E-state index in [9.17, 15) is 9.18 Å². The summed E-state index contributed by atoms with van der Waals surface area (Å²) in [4.78, 5) is 10.5. The van der Waals surface area contributed by atoms with Crippen LogP contribution in [-0.2, 0) is 9.53 Å². The van der Waals surface area contributed by atoms with Gasteiger partial charge in [-0.15, -0.1) is 0 Å². The van der Waals surface area contributed by atoms with Gasteiger partial charge in [0.1, 0.15) is 6.61 Å². The zero-order chi connectivity index (χ0) is 14.3. The van der Waals surface area contributed by atoms with Crippen LogP contribution in [0.1, 0.15) is 19.4 Å². The highest BCUT2D eigenvalue weighted by atomic mass is 19.1. The molecule has 4 nitrogen and oxygen atoms in total. The van der Waals surface area contributed by atoms with Crippen molar-refractivity contribution in [1.82, 2.24) is 0 Å². The minimum absolute atomic E-state index is 0.0346. The molecule has 0 unspecified atom stereocenters. The minimum atomic E-state index is -1.10. The van der Waals surface area contributed by atoms with E-state index < -0.39 is 11.8 Å². The predicted molar refractivity (Wildman–Crippen MR) is 69.7 cm³/mol. The predicted octanol–water partition coefficient (Wildman–Crippen LogP) is 2.73. The monoisotopic (exact) mass is 268 g/mol. The van der Waals surface area contributed by atoms with Crippen molar-refractivity contribution >= 4 is 12.0 Å². The molecule has 104 valence electrons. The first-order valence-corrected chi connectivity index (χ1v) is 5.94. The fourth-order valence-electron chi connectivity index (χ4n) is 1.40. The average Bonchev–Trinajstić information content (AvgIpc) is 2.33. The van der Waals surface area contributed by atoms with Crippen molar-refractivity contribution < 1.29 is 23.8 Å². The van der Waals surface area contributed by atoms with E-state index in [1.165, 1.54) is 18.2 Å². The summed E-state index contributed by atoms with van der Waals surface area (Å²) in [6.07, 6.45) is 2.31. The number of aliphatic carboxylic acids is 1. The molecular formula is C14H17FO4. The van der Waals surface area contributed by atoms with E-state index in [-0.39, 0.29) is 18.5 Å². The number of carboxylic acid groups (broad SMARTS) is 1. The van der Waals surface area contributed by atoms with E-state index >= 15 is 0 Å². The number of rotatable bonds is 7. The van der Waals surface area contributed by atoms with E-state index in [2.05, 4.69) is 0 Å². The Morgan fingerprint density at radius 3 is 2.79 bits per heavy atom. The number of carboxylic acids is 1. The molecule has 0 amide bonds. The molecular weight excluding hydrogens is 251 g/mol. The van der Waals surface area contributed by atoms with E-state index in [0.29, 0.717) is 12.2 Å². The molecule has 0 bridgehead atoms. The van der Waals surface area contributed by atoms with Gasteiger partial charge in [-0.05, 0) is 26.0 Å². The highest BCUT2D eigenvalue weighted by Gasteiger charge is 2.08. The lowest BCUT2D eigenvalue weighted by molar-refractivity contribution is -0.131. The Kier molecular flexibility index (Phi) is 6.02. The number of hydrogen-bond donors (Lipinski definition) is 1. The summed E-state index contributed by atoms with van der Waals surface area (Å²) < 4.78 is 24.2. The third-order valence-electron chi connectivity index (χ3n) is 2.18. The van der Waals surface area contributed by atoms with Crippen LogP contribution in [0.15, 0.2) is 24.3 Å². The van der Waals surface area contributed by atoms with Gasteiger partial charge in [-0.25, -0.2) is 9.18 Å². The number of halogens is 1. The largest absolute Gasteiger partial charge is 0.487 e. The van der Waals surface area contributed by atoms with Gasteiger partial charge in [-0.3, -0.25) is 0 Å². The van der Waals surface area contributed by atoms with Crippen LogP contribution in [0.4, 0.5) is 4.39 Å². The molecule has 0 aliphatic heterocycles. The molecule has 0 atom stereocenters. The van der Waals surface area contributed by atoms with Crippen molar-refractivity contribution in [1.29, 1.82) is 0 Å². The Morgan fingerprint density at radius 2 is 2.16 bits per heavy atom. The zero-order valence-corrected chi connectivity index (χ0v) is 10.9. The highest BCUT2D eigenvalue weighted by Crippen LogP contribution is 2.23. The zero-order valence-electron chi connectivity index (χ0n) is 10.9. The molecule has 0 aliphatic carbocycles. The van der Waals surface area contributed by atoms with Crippen LogP contribution >= 0.6 is 0 Å². The molecule has 0 fully saturated rings. The molecule has 1 N–H and O–H groups in total. The van der Waals surface area contributed by atoms with Crippen molar-refractivity contribution in [3.63, 3.8) is 0 Å². The Bertz CT molecular complexity index is 455. The summed E-state index contributed by atoms with van der Waals surface area (Å²) in [6.45, 7) is 4.33. The number of para-hydroxylation sites is 1. The highest BCUT2D eigenvalue weighted by molar-refractivity contribution is 5.85. The van der Waals surface area contributed by atoms with Gasteiger partial charge in [-0.2, -0.15) is 0 Å². The maximum atomic E-state index is 13.6. The summed E-state index contributed by atoms with van der Waals surface area (Å²) in [5, 5.41) is 8.57. The first-order valence-electron chi connectivity index (χ1n) is 5.94. The maximum Gasteiger partial charge on any atom is 0.328 e. The molecule has 19 heavy (non-hydrogen) atoms. The van der Waals surface area contributed by atoms with Crippen LogP contribution in [-0.4, -0.2) is 30.4 Å².